The molecular formula is C20H16BrFN4O2S. The molecule has 0 radical (unpaired) electrons. The highest BCUT2D eigenvalue weighted by Gasteiger charge is 2.27. The molecule has 0 aliphatic carbocycles. The van der Waals surface area contributed by atoms with E-state index in [1.807, 2.05) is 19.1 Å². The predicted molar refractivity (Wildman–Crippen MR) is 114 cm³/mol. The van der Waals surface area contributed by atoms with E-state index in [0.717, 1.165) is 4.47 Å². The quantitative estimate of drug-likeness (QED) is 0.423. The van der Waals surface area contributed by atoms with Crippen molar-refractivity contribution in [2.24, 2.45) is 5.92 Å². The smallest absolute Gasteiger partial charge is 0.166 e. The second-order valence-corrected chi connectivity index (χ2v) is 8.66. The van der Waals surface area contributed by atoms with Gasteiger partial charge in [-0.1, -0.05) is 15.9 Å². The molecule has 4 aromatic rings. The third kappa shape index (κ3) is 3.43. The van der Waals surface area contributed by atoms with E-state index >= 15 is 0 Å². The summed E-state index contributed by atoms with van der Waals surface area (Å²) in [7, 11) is 0. The Hall–Kier alpha value is -2.36. The van der Waals surface area contributed by atoms with Gasteiger partial charge in [-0.2, -0.15) is 0 Å². The lowest BCUT2D eigenvalue weighted by Crippen LogP contribution is -2.39. The Balaban J connectivity index is 1.58. The molecule has 148 valence electrons. The summed E-state index contributed by atoms with van der Waals surface area (Å²) in [5.41, 5.74) is 3.29. The molecule has 0 amide bonds. The molecule has 2 aromatic carbocycles. The van der Waals surface area contributed by atoms with Gasteiger partial charge >= 0.3 is 0 Å². The number of nitrogens with zero attached hydrogens (tertiary/aromatic N) is 3. The molecule has 1 aliphatic rings. The van der Waals surface area contributed by atoms with E-state index < -0.39 is 0 Å². The normalized spacial score (nSPS) is 15.4. The summed E-state index contributed by atoms with van der Waals surface area (Å²) in [4.78, 5) is 12.9. The third-order valence-electron chi connectivity index (χ3n) is 5.00. The molecule has 1 atom stereocenters. The zero-order valence-electron chi connectivity index (χ0n) is 15.4. The van der Waals surface area contributed by atoms with Crippen molar-refractivity contribution in [2.75, 3.05) is 18.5 Å². The zero-order valence-corrected chi connectivity index (χ0v) is 17.8. The molecule has 0 spiro atoms. The molecule has 1 saturated heterocycles. The molecule has 1 N–H and O–H groups in total. The number of aromatic nitrogens is 3. The molecule has 0 bridgehead atoms. The Morgan fingerprint density at radius 3 is 2.90 bits per heavy atom. The number of fused-ring (bicyclic) bond motifs is 2. The summed E-state index contributed by atoms with van der Waals surface area (Å²) in [6, 6.07) is 7.22. The zero-order chi connectivity index (χ0) is 20.0. The Morgan fingerprint density at radius 2 is 2.10 bits per heavy atom. The lowest BCUT2D eigenvalue weighted by Gasteiger charge is -2.32. The third-order valence-corrected chi connectivity index (χ3v) is 6.29. The van der Waals surface area contributed by atoms with Crippen LogP contribution in [-0.4, -0.2) is 34.3 Å². The van der Waals surface area contributed by atoms with Gasteiger partial charge in [0.25, 0.3) is 0 Å². The topological polar surface area (TPSA) is 69.2 Å². The minimum absolute atomic E-state index is 0.0282. The highest BCUT2D eigenvalue weighted by Crippen LogP contribution is 2.37. The van der Waals surface area contributed by atoms with Crippen LogP contribution in [-0.2, 0) is 4.74 Å². The van der Waals surface area contributed by atoms with E-state index in [4.69, 9.17) is 9.47 Å². The molecule has 5 rings (SSSR count). The van der Waals surface area contributed by atoms with Crippen LogP contribution in [0.2, 0.25) is 0 Å². The Bertz CT molecular complexity index is 1210. The van der Waals surface area contributed by atoms with Crippen molar-refractivity contribution in [1.82, 2.24) is 15.0 Å². The highest BCUT2D eigenvalue weighted by atomic mass is 79.9. The van der Waals surface area contributed by atoms with E-state index in [0.29, 0.717) is 57.5 Å². The Kier molecular flexibility index (Phi) is 4.81. The van der Waals surface area contributed by atoms with Crippen LogP contribution in [0.1, 0.15) is 6.92 Å². The number of halogens is 2. The molecule has 0 saturated carbocycles. The average Bonchev–Trinajstić information content (AvgIpc) is 3.12. The van der Waals surface area contributed by atoms with Crippen LogP contribution >= 0.6 is 27.3 Å². The molecule has 6 nitrogen and oxygen atoms in total. The van der Waals surface area contributed by atoms with Crippen molar-refractivity contribution in [1.29, 1.82) is 0 Å². The predicted octanol–water partition coefficient (Wildman–Crippen LogP) is 5.30. The lowest BCUT2D eigenvalue weighted by molar-refractivity contribution is -0.0773. The number of anilines is 2. The van der Waals surface area contributed by atoms with Crippen molar-refractivity contribution in [3.05, 3.63) is 46.4 Å². The second kappa shape index (κ2) is 7.47. The maximum absolute atomic E-state index is 14.9. The molecule has 29 heavy (non-hydrogen) atoms. The fraction of sp³-hybridized carbons (Fsp3) is 0.250. The minimum atomic E-state index is -0.351. The van der Waals surface area contributed by atoms with Gasteiger partial charge in [0, 0.05) is 10.4 Å². The first-order valence-electron chi connectivity index (χ1n) is 9.07. The molecule has 0 unspecified atom stereocenters. The molecule has 2 aromatic heterocycles. The van der Waals surface area contributed by atoms with Crippen LogP contribution in [0.15, 0.2) is 40.6 Å². The fourth-order valence-corrected chi connectivity index (χ4v) is 4.40. The van der Waals surface area contributed by atoms with E-state index in [9.17, 15) is 4.39 Å². The molecule has 1 aliphatic heterocycles. The summed E-state index contributed by atoms with van der Waals surface area (Å²) in [5, 5.41) is 3.82. The van der Waals surface area contributed by atoms with Gasteiger partial charge in [-0.15, -0.1) is 11.3 Å². The standard InChI is InChI=1S/C20H16BrFN4O2S/c1-10(11-6-27-7-11)28-16-5-12(21)4-15-17(16)20(24-8-23-15)26-13-2-3-14-19(18(13)22)29-9-25-14/h2-5,8-11H,6-7H2,1H3,(H,23,24,26)/t10-/m1/s1. The van der Waals surface area contributed by atoms with Gasteiger partial charge in [0.15, 0.2) is 5.82 Å². The number of hydrogen-bond acceptors (Lipinski definition) is 7. The van der Waals surface area contributed by atoms with Crippen molar-refractivity contribution in [2.45, 2.75) is 13.0 Å². The largest absolute Gasteiger partial charge is 0.489 e. The average molecular weight is 475 g/mol. The van der Waals surface area contributed by atoms with Gasteiger partial charge < -0.3 is 14.8 Å². The van der Waals surface area contributed by atoms with Crippen molar-refractivity contribution < 1.29 is 13.9 Å². The van der Waals surface area contributed by atoms with Gasteiger partial charge in [-0.05, 0) is 31.2 Å². The van der Waals surface area contributed by atoms with Gasteiger partial charge in [0.2, 0.25) is 0 Å². The summed E-state index contributed by atoms with van der Waals surface area (Å²) < 4.78 is 27.8. The van der Waals surface area contributed by atoms with Crippen LogP contribution in [0.3, 0.4) is 0 Å². The number of nitrogens with one attached hydrogen (secondary N) is 1. The SMILES string of the molecule is C[C@@H](Oc1cc(Br)cc2ncnc(Nc3ccc4ncsc4c3F)c12)C1COC1. The van der Waals surface area contributed by atoms with Gasteiger partial charge in [0.05, 0.1) is 45.5 Å². The minimum Gasteiger partial charge on any atom is -0.489 e. The van der Waals surface area contributed by atoms with Crippen LogP contribution in [0.4, 0.5) is 15.9 Å². The number of rotatable bonds is 5. The van der Waals surface area contributed by atoms with Crippen LogP contribution in [0.25, 0.3) is 21.1 Å². The molecular weight excluding hydrogens is 459 g/mol. The molecule has 3 heterocycles. The van der Waals surface area contributed by atoms with Crippen LogP contribution in [0.5, 0.6) is 5.75 Å². The molecule has 9 heteroatoms. The summed E-state index contributed by atoms with van der Waals surface area (Å²) in [6.07, 6.45) is 1.42. The number of ether oxygens (including phenoxy) is 2. The van der Waals surface area contributed by atoms with E-state index in [-0.39, 0.29) is 11.9 Å². The molecule has 1 fully saturated rings. The van der Waals surface area contributed by atoms with Crippen LogP contribution < -0.4 is 10.1 Å². The number of benzene rings is 2. The summed E-state index contributed by atoms with van der Waals surface area (Å²) in [6.45, 7) is 3.40. The van der Waals surface area contributed by atoms with Crippen molar-refractivity contribution in [3.8, 4) is 5.75 Å². The fourth-order valence-electron chi connectivity index (χ4n) is 3.25. The maximum Gasteiger partial charge on any atom is 0.166 e. The number of hydrogen-bond donors (Lipinski definition) is 1. The Labute approximate surface area is 178 Å². The summed E-state index contributed by atoms with van der Waals surface area (Å²) in [5.74, 6) is 1.11. The van der Waals surface area contributed by atoms with Gasteiger partial charge in [0.1, 0.15) is 24.0 Å². The monoisotopic (exact) mass is 474 g/mol. The van der Waals surface area contributed by atoms with E-state index in [2.05, 4.69) is 36.2 Å². The van der Waals surface area contributed by atoms with Gasteiger partial charge in [-0.25, -0.2) is 19.3 Å². The van der Waals surface area contributed by atoms with E-state index in [1.54, 1.807) is 17.6 Å². The first-order valence-corrected chi connectivity index (χ1v) is 10.7. The van der Waals surface area contributed by atoms with Crippen molar-refractivity contribution in [3.63, 3.8) is 0 Å². The Morgan fingerprint density at radius 1 is 1.24 bits per heavy atom. The first kappa shape index (κ1) is 18.7. The second-order valence-electron chi connectivity index (χ2n) is 6.89. The van der Waals surface area contributed by atoms with Gasteiger partial charge in [-0.3, -0.25) is 0 Å². The first-order chi connectivity index (χ1) is 14.1. The lowest BCUT2D eigenvalue weighted by atomic mass is 10.0. The van der Waals surface area contributed by atoms with E-state index in [1.165, 1.54) is 17.7 Å². The number of thiazole rings is 1. The van der Waals surface area contributed by atoms with Crippen molar-refractivity contribution >= 4 is 59.9 Å². The van der Waals surface area contributed by atoms with Crippen LogP contribution in [0, 0.1) is 11.7 Å². The maximum atomic E-state index is 14.9. The highest BCUT2D eigenvalue weighted by molar-refractivity contribution is 9.10. The summed E-state index contributed by atoms with van der Waals surface area (Å²) >= 11 is 4.78.